The largest absolute Gasteiger partial charge is 0.349 e. The van der Waals surface area contributed by atoms with Gasteiger partial charge < -0.3 is 15.5 Å². The first kappa shape index (κ1) is 17.9. The second-order valence-electron chi connectivity index (χ2n) is 6.54. The summed E-state index contributed by atoms with van der Waals surface area (Å²) in [5, 5.41) is 5.85. The van der Waals surface area contributed by atoms with Crippen LogP contribution in [0.1, 0.15) is 28.8 Å². The summed E-state index contributed by atoms with van der Waals surface area (Å²) in [6.45, 7) is 3.13. The standard InChI is InChI=1S/C20H22FN3O2/c1-14-3-2-4-18(13-14)23-20(26)24-11-9-17(10-12-24)22-19(25)15-5-7-16(21)8-6-15/h2-8,13,17H,9-12H2,1H3,(H,22,25)(H,23,26). The monoisotopic (exact) mass is 355 g/mol. The summed E-state index contributed by atoms with van der Waals surface area (Å²) in [6, 6.07) is 13.0. The summed E-state index contributed by atoms with van der Waals surface area (Å²) < 4.78 is 12.9. The number of urea groups is 1. The van der Waals surface area contributed by atoms with Crippen LogP contribution in [0.3, 0.4) is 0 Å². The number of nitrogens with one attached hydrogen (secondary N) is 2. The minimum Gasteiger partial charge on any atom is -0.349 e. The van der Waals surface area contributed by atoms with Crippen molar-refractivity contribution in [1.29, 1.82) is 0 Å². The van der Waals surface area contributed by atoms with E-state index in [4.69, 9.17) is 0 Å². The summed E-state index contributed by atoms with van der Waals surface area (Å²) in [4.78, 5) is 26.3. The molecule has 1 heterocycles. The SMILES string of the molecule is Cc1cccc(NC(=O)N2CCC(NC(=O)c3ccc(F)cc3)CC2)c1. The molecule has 0 radical (unpaired) electrons. The highest BCUT2D eigenvalue weighted by atomic mass is 19.1. The van der Waals surface area contributed by atoms with E-state index in [-0.39, 0.29) is 23.8 Å². The van der Waals surface area contributed by atoms with Gasteiger partial charge in [0.25, 0.3) is 5.91 Å². The number of carbonyl (C=O) groups is 2. The zero-order valence-corrected chi connectivity index (χ0v) is 14.7. The van der Waals surface area contributed by atoms with E-state index in [1.165, 1.54) is 24.3 Å². The fraction of sp³-hybridized carbons (Fsp3) is 0.300. The van der Waals surface area contributed by atoms with Gasteiger partial charge in [-0.2, -0.15) is 0 Å². The third-order valence-corrected chi connectivity index (χ3v) is 4.49. The average Bonchev–Trinajstić information content (AvgIpc) is 2.63. The van der Waals surface area contributed by atoms with Gasteiger partial charge in [0.1, 0.15) is 5.82 Å². The molecule has 3 rings (SSSR count). The average molecular weight is 355 g/mol. The van der Waals surface area contributed by atoms with Crippen LogP contribution in [-0.2, 0) is 0 Å². The molecule has 0 spiro atoms. The van der Waals surface area contributed by atoms with Gasteiger partial charge in [-0.15, -0.1) is 0 Å². The first-order valence-corrected chi connectivity index (χ1v) is 8.70. The van der Waals surface area contributed by atoms with E-state index in [1.807, 2.05) is 31.2 Å². The number of hydrogen-bond donors (Lipinski definition) is 2. The van der Waals surface area contributed by atoms with E-state index in [0.29, 0.717) is 31.5 Å². The van der Waals surface area contributed by atoms with Crippen LogP contribution in [0.5, 0.6) is 0 Å². The fourth-order valence-electron chi connectivity index (χ4n) is 3.02. The van der Waals surface area contributed by atoms with Crippen molar-refractivity contribution in [3.8, 4) is 0 Å². The van der Waals surface area contributed by atoms with Gasteiger partial charge in [-0.25, -0.2) is 9.18 Å². The lowest BCUT2D eigenvalue weighted by molar-refractivity contribution is 0.0919. The molecule has 0 aliphatic carbocycles. The predicted octanol–water partition coefficient (Wildman–Crippen LogP) is 3.56. The molecule has 1 fully saturated rings. The van der Waals surface area contributed by atoms with E-state index in [0.717, 1.165) is 11.3 Å². The minimum absolute atomic E-state index is 0.00979. The van der Waals surface area contributed by atoms with Crippen LogP contribution < -0.4 is 10.6 Å². The van der Waals surface area contributed by atoms with Crippen LogP contribution in [0.4, 0.5) is 14.9 Å². The topological polar surface area (TPSA) is 61.4 Å². The molecule has 6 heteroatoms. The summed E-state index contributed by atoms with van der Waals surface area (Å²) >= 11 is 0. The fourth-order valence-corrected chi connectivity index (χ4v) is 3.02. The summed E-state index contributed by atoms with van der Waals surface area (Å²) in [5.41, 5.74) is 2.30. The maximum atomic E-state index is 12.9. The molecule has 26 heavy (non-hydrogen) atoms. The second-order valence-corrected chi connectivity index (χ2v) is 6.54. The van der Waals surface area contributed by atoms with Crippen molar-refractivity contribution in [1.82, 2.24) is 10.2 Å². The van der Waals surface area contributed by atoms with Crippen LogP contribution in [0, 0.1) is 12.7 Å². The zero-order chi connectivity index (χ0) is 18.5. The maximum absolute atomic E-state index is 12.9. The number of nitrogens with zero attached hydrogens (tertiary/aromatic N) is 1. The summed E-state index contributed by atoms with van der Waals surface area (Å²) in [7, 11) is 0. The van der Waals surface area contributed by atoms with Gasteiger partial charge in [-0.05, 0) is 61.7 Å². The molecule has 2 N–H and O–H groups in total. The maximum Gasteiger partial charge on any atom is 0.321 e. The quantitative estimate of drug-likeness (QED) is 0.884. The van der Waals surface area contributed by atoms with E-state index < -0.39 is 0 Å². The molecule has 0 atom stereocenters. The number of anilines is 1. The molecule has 0 unspecified atom stereocenters. The molecule has 5 nitrogen and oxygen atoms in total. The van der Waals surface area contributed by atoms with E-state index in [1.54, 1.807) is 4.90 Å². The Morgan fingerprint density at radius 3 is 2.42 bits per heavy atom. The van der Waals surface area contributed by atoms with Crippen LogP contribution in [0.2, 0.25) is 0 Å². The van der Waals surface area contributed by atoms with E-state index in [9.17, 15) is 14.0 Å². The normalized spacial score (nSPS) is 14.8. The first-order valence-electron chi connectivity index (χ1n) is 8.70. The number of piperidine rings is 1. The van der Waals surface area contributed by atoms with Crippen LogP contribution in [-0.4, -0.2) is 36.0 Å². The molecular formula is C20H22FN3O2. The third-order valence-electron chi connectivity index (χ3n) is 4.49. The number of benzene rings is 2. The van der Waals surface area contributed by atoms with Crippen molar-refractivity contribution < 1.29 is 14.0 Å². The Hall–Kier alpha value is -2.89. The summed E-state index contributed by atoms with van der Waals surface area (Å²) in [5.74, 6) is -0.581. The van der Waals surface area contributed by atoms with Crippen molar-refractivity contribution >= 4 is 17.6 Å². The number of rotatable bonds is 3. The van der Waals surface area contributed by atoms with E-state index in [2.05, 4.69) is 10.6 Å². The van der Waals surface area contributed by atoms with Crippen LogP contribution in [0.25, 0.3) is 0 Å². The van der Waals surface area contributed by atoms with Crippen molar-refractivity contribution in [2.45, 2.75) is 25.8 Å². The van der Waals surface area contributed by atoms with Crippen molar-refractivity contribution in [3.05, 3.63) is 65.5 Å². The number of halogens is 1. The van der Waals surface area contributed by atoms with Gasteiger partial charge in [0, 0.05) is 30.4 Å². The van der Waals surface area contributed by atoms with Gasteiger partial charge >= 0.3 is 6.03 Å². The molecule has 1 aliphatic rings. The minimum atomic E-state index is -0.366. The lowest BCUT2D eigenvalue weighted by Crippen LogP contribution is -2.47. The van der Waals surface area contributed by atoms with Gasteiger partial charge in [-0.3, -0.25) is 4.79 Å². The van der Waals surface area contributed by atoms with Crippen molar-refractivity contribution in [2.75, 3.05) is 18.4 Å². The molecular weight excluding hydrogens is 333 g/mol. The lowest BCUT2D eigenvalue weighted by atomic mass is 10.0. The second kappa shape index (κ2) is 7.99. The Kier molecular flexibility index (Phi) is 5.51. The van der Waals surface area contributed by atoms with Crippen LogP contribution >= 0.6 is 0 Å². The van der Waals surface area contributed by atoms with Crippen molar-refractivity contribution in [3.63, 3.8) is 0 Å². The molecule has 1 aliphatic heterocycles. The lowest BCUT2D eigenvalue weighted by Gasteiger charge is -2.32. The third kappa shape index (κ3) is 4.59. The molecule has 3 amide bonds. The number of carbonyl (C=O) groups excluding carboxylic acids is 2. The van der Waals surface area contributed by atoms with Gasteiger partial charge in [-0.1, -0.05) is 12.1 Å². The number of likely N-dealkylation sites (tertiary alicyclic amines) is 1. The van der Waals surface area contributed by atoms with Gasteiger partial charge in [0.15, 0.2) is 0 Å². The Balaban J connectivity index is 1.48. The first-order chi connectivity index (χ1) is 12.5. The Labute approximate surface area is 152 Å². The highest BCUT2D eigenvalue weighted by Gasteiger charge is 2.24. The molecule has 1 saturated heterocycles. The highest BCUT2D eigenvalue weighted by molar-refractivity contribution is 5.94. The zero-order valence-electron chi connectivity index (χ0n) is 14.7. The number of aryl methyl sites for hydroxylation is 1. The Morgan fingerprint density at radius 2 is 1.77 bits per heavy atom. The molecule has 2 aromatic rings. The van der Waals surface area contributed by atoms with Crippen LogP contribution in [0.15, 0.2) is 48.5 Å². The van der Waals surface area contributed by atoms with Gasteiger partial charge in [0.05, 0.1) is 0 Å². The molecule has 0 aromatic heterocycles. The Bertz CT molecular complexity index is 784. The molecule has 0 bridgehead atoms. The summed E-state index contributed by atoms with van der Waals surface area (Å²) in [6.07, 6.45) is 1.38. The van der Waals surface area contributed by atoms with Gasteiger partial charge in [0.2, 0.25) is 0 Å². The smallest absolute Gasteiger partial charge is 0.321 e. The Morgan fingerprint density at radius 1 is 1.08 bits per heavy atom. The number of amides is 3. The number of hydrogen-bond acceptors (Lipinski definition) is 2. The predicted molar refractivity (Wildman–Crippen MR) is 98.7 cm³/mol. The highest BCUT2D eigenvalue weighted by Crippen LogP contribution is 2.15. The molecule has 136 valence electrons. The van der Waals surface area contributed by atoms with Crippen molar-refractivity contribution in [2.24, 2.45) is 0 Å². The molecule has 2 aromatic carbocycles. The molecule has 0 saturated carbocycles. The van der Waals surface area contributed by atoms with E-state index >= 15 is 0 Å².